The van der Waals surface area contributed by atoms with E-state index in [4.69, 9.17) is 15.7 Å². The highest BCUT2D eigenvalue weighted by atomic mass is 19.1. The average molecular weight is 237 g/mol. The van der Waals surface area contributed by atoms with E-state index < -0.39 is 17.8 Å². The lowest BCUT2D eigenvalue weighted by molar-refractivity contribution is -0.125. The van der Waals surface area contributed by atoms with Gasteiger partial charge in [0.15, 0.2) is 0 Å². The molecule has 90 valence electrons. The monoisotopic (exact) mass is 237 g/mol. The molecule has 1 amide bonds. The second-order valence-corrected chi connectivity index (χ2v) is 3.22. The largest absolute Gasteiger partial charge is 0.370 e. The number of halogens is 1. The quantitative estimate of drug-likeness (QED) is 0.803. The minimum Gasteiger partial charge on any atom is -0.370 e. The predicted molar refractivity (Wildman–Crippen MR) is 59.6 cm³/mol. The summed E-state index contributed by atoms with van der Waals surface area (Å²) in [7, 11) is 1.34. The number of hydrogen-bond donors (Lipinski definition) is 2. The number of carbonyl (C=O) groups excluding carboxylic acids is 1. The smallest absolute Gasteiger partial charge is 0.254 e. The molecule has 5 nitrogen and oxygen atoms in total. The molecule has 1 aromatic carbocycles. The van der Waals surface area contributed by atoms with Gasteiger partial charge in [0, 0.05) is 13.7 Å². The van der Waals surface area contributed by atoms with Crippen LogP contribution in [0, 0.1) is 17.1 Å². The van der Waals surface area contributed by atoms with Gasteiger partial charge in [-0.1, -0.05) is 6.07 Å². The maximum Gasteiger partial charge on any atom is 0.254 e. The first kappa shape index (κ1) is 13.1. The lowest BCUT2D eigenvalue weighted by atomic mass is 10.1. The number of nitrogens with zero attached hydrogens (tertiary/aromatic N) is 1. The lowest BCUT2D eigenvalue weighted by Gasteiger charge is -2.13. The zero-order valence-electron chi connectivity index (χ0n) is 9.24. The molecule has 6 heteroatoms. The summed E-state index contributed by atoms with van der Waals surface area (Å²) in [5.74, 6) is -1.20. The number of nitriles is 1. The van der Waals surface area contributed by atoms with Gasteiger partial charge in [0.1, 0.15) is 23.6 Å². The third-order valence-electron chi connectivity index (χ3n) is 2.17. The maximum atomic E-state index is 13.2. The molecule has 0 bridgehead atoms. The Bertz CT molecular complexity index is 453. The highest BCUT2D eigenvalue weighted by Gasteiger charge is 2.18. The van der Waals surface area contributed by atoms with Crippen molar-refractivity contribution < 1.29 is 13.9 Å². The van der Waals surface area contributed by atoms with Crippen molar-refractivity contribution in [2.45, 2.75) is 6.10 Å². The maximum absolute atomic E-state index is 13.2. The van der Waals surface area contributed by atoms with Crippen molar-refractivity contribution in [1.29, 1.82) is 5.26 Å². The van der Waals surface area contributed by atoms with Gasteiger partial charge in [-0.2, -0.15) is 5.26 Å². The molecule has 0 radical (unpaired) electrons. The van der Waals surface area contributed by atoms with Crippen LogP contribution in [0.2, 0.25) is 0 Å². The van der Waals surface area contributed by atoms with Crippen LogP contribution >= 0.6 is 0 Å². The topological polar surface area (TPSA) is 88.1 Å². The number of nitrogens with two attached hydrogens (primary N) is 1. The van der Waals surface area contributed by atoms with Crippen molar-refractivity contribution >= 4 is 11.6 Å². The molecule has 17 heavy (non-hydrogen) atoms. The number of anilines is 1. The summed E-state index contributed by atoms with van der Waals surface area (Å²) in [6.07, 6.45) is -0.829. The Morgan fingerprint density at radius 3 is 2.94 bits per heavy atom. The summed E-state index contributed by atoms with van der Waals surface area (Å²) >= 11 is 0. The van der Waals surface area contributed by atoms with Gasteiger partial charge >= 0.3 is 0 Å². The molecular formula is C11H12FN3O2. The fourth-order valence-corrected chi connectivity index (χ4v) is 1.27. The third-order valence-corrected chi connectivity index (χ3v) is 2.17. The third kappa shape index (κ3) is 3.00. The van der Waals surface area contributed by atoms with Crippen LogP contribution in [-0.4, -0.2) is 25.7 Å². The van der Waals surface area contributed by atoms with Crippen LogP contribution in [0.1, 0.15) is 5.56 Å². The highest BCUT2D eigenvalue weighted by molar-refractivity contribution is 5.95. The Hall–Kier alpha value is -1.97. The number of hydrogen-bond acceptors (Lipinski definition) is 4. The summed E-state index contributed by atoms with van der Waals surface area (Å²) in [6.45, 7) is -0.000460. The highest BCUT2D eigenvalue weighted by Crippen LogP contribution is 2.17. The number of rotatable bonds is 4. The van der Waals surface area contributed by atoms with Gasteiger partial charge in [-0.15, -0.1) is 0 Å². The van der Waals surface area contributed by atoms with Gasteiger partial charge in [-0.3, -0.25) is 4.79 Å². The number of amides is 1. The van der Waals surface area contributed by atoms with Crippen molar-refractivity contribution in [2.24, 2.45) is 5.73 Å². The Morgan fingerprint density at radius 1 is 1.71 bits per heavy atom. The molecule has 0 aliphatic carbocycles. The van der Waals surface area contributed by atoms with Crippen molar-refractivity contribution in [3.63, 3.8) is 0 Å². The van der Waals surface area contributed by atoms with E-state index in [1.807, 2.05) is 0 Å². The van der Waals surface area contributed by atoms with Crippen molar-refractivity contribution in [3.8, 4) is 6.07 Å². The lowest BCUT2D eigenvalue weighted by Crippen LogP contribution is -2.36. The van der Waals surface area contributed by atoms with E-state index in [2.05, 4.69) is 5.32 Å². The molecule has 0 aliphatic heterocycles. The molecule has 0 aromatic heterocycles. The molecule has 0 saturated heterocycles. The van der Waals surface area contributed by atoms with Gasteiger partial charge in [0.2, 0.25) is 0 Å². The molecule has 1 unspecified atom stereocenters. The van der Waals surface area contributed by atoms with E-state index in [1.54, 1.807) is 6.07 Å². The van der Waals surface area contributed by atoms with E-state index in [0.717, 1.165) is 6.07 Å². The normalized spacial score (nSPS) is 11.6. The molecule has 0 fully saturated rings. The van der Waals surface area contributed by atoms with Crippen LogP contribution in [0.3, 0.4) is 0 Å². The van der Waals surface area contributed by atoms with Gasteiger partial charge in [-0.25, -0.2) is 4.39 Å². The molecule has 3 N–H and O–H groups in total. The molecular weight excluding hydrogens is 225 g/mol. The van der Waals surface area contributed by atoms with Crippen LogP contribution in [-0.2, 0) is 9.53 Å². The minimum absolute atomic E-state index is 0.000460. The minimum atomic E-state index is -0.829. The van der Waals surface area contributed by atoms with Crippen molar-refractivity contribution in [1.82, 2.24) is 0 Å². The van der Waals surface area contributed by atoms with Crippen LogP contribution < -0.4 is 11.1 Å². The first-order chi connectivity index (χ1) is 8.13. The zero-order chi connectivity index (χ0) is 12.8. The van der Waals surface area contributed by atoms with Crippen LogP contribution in [0.5, 0.6) is 0 Å². The summed E-state index contributed by atoms with van der Waals surface area (Å²) in [5.41, 5.74) is 5.20. The van der Waals surface area contributed by atoms with Gasteiger partial charge in [0.25, 0.3) is 5.91 Å². The summed E-state index contributed by atoms with van der Waals surface area (Å²) in [6, 6.07) is 5.66. The first-order valence-electron chi connectivity index (χ1n) is 4.86. The number of nitrogens with one attached hydrogen (secondary N) is 1. The molecule has 0 saturated carbocycles. The number of carbonyl (C=O) groups is 1. The molecule has 1 rings (SSSR count). The Kier molecular flexibility index (Phi) is 4.57. The van der Waals surface area contributed by atoms with E-state index in [-0.39, 0.29) is 17.8 Å². The fourth-order valence-electron chi connectivity index (χ4n) is 1.27. The van der Waals surface area contributed by atoms with E-state index in [1.165, 1.54) is 19.2 Å². The Morgan fingerprint density at radius 2 is 2.41 bits per heavy atom. The molecule has 1 aromatic rings. The van der Waals surface area contributed by atoms with Crippen LogP contribution in [0.4, 0.5) is 10.1 Å². The average Bonchev–Trinajstić information content (AvgIpc) is 2.31. The van der Waals surface area contributed by atoms with Gasteiger partial charge < -0.3 is 15.8 Å². The summed E-state index contributed by atoms with van der Waals surface area (Å²) in [4.78, 5) is 11.6. The second-order valence-electron chi connectivity index (χ2n) is 3.22. The second kappa shape index (κ2) is 5.94. The van der Waals surface area contributed by atoms with Crippen LogP contribution in [0.15, 0.2) is 18.2 Å². The number of ether oxygens (including phenoxy) is 1. The summed E-state index contributed by atoms with van der Waals surface area (Å²) in [5, 5.41) is 11.2. The number of methoxy groups -OCH3 is 1. The van der Waals surface area contributed by atoms with Crippen LogP contribution in [0.25, 0.3) is 0 Å². The standard InChI is InChI=1S/C11H12FN3O2/c1-17-10(6-14)11(16)15-9-4-2-3-8(12)7(9)5-13/h2-4,10H,6,14H2,1H3,(H,15,16). The zero-order valence-corrected chi connectivity index (χ0v) is 9.24. The molecule has 0 heterocycles. The molecule has 0 aliphatic rings. The SMILES string of the molecule is COC(CN)C(=O)Nc1cccc(F)c1C#N. The van der Waals surface area contributed by atoms with Crippen molar-refractivity contribution in [3.05, 3.63) is 29.6 Å². The fraction of sp³-hybridized carbons (Fsp3) is 0.273. The van der Waals surface area contributed by atoms with Gasteiger partial charge in [-0.05, 0) is 12.1 Å². The first-order valence-corrected chi connectivity index (χ1v) is 4.86. The van der Waals surface area contributed by atoms with E-state index in [0.29, 0.717) is 0 Å². The van der Waals surface area contributed by atoms with Gasteiger partial charge in [0.05, 0.1) is 5.69 Å². The Labute approximate surface area is 98.0 Å². The van der Waals surface area contributed by atoms with E-state index in [9.17, 15) is 9.18 Å². The number of benzene rings is 1. The molecule has 1 atom stereocenters. The van der Waals surface area contributed by atoms with Crippen molar-refractivity contribution in [2.75, 3.05) is 19.0 Å². The Balaban J connectivity index is 2.93. The molecule has 0 spiro atoms. The predicted octanol–water partition coefficient (Wildman–Crippen LogP) is 0.610. The van der Waals surface area contributed by atoms with E-state index >= 15 is 0 Å². The summed E-state index contributed by atoms with van der Waals surface area (Å²) < 4.78 is 18.1.